The number of hydrogen-bond donors (Lipinski definition) is 1. The second-order valence-corrected chi connectivity index (χ2v) is 7.92. The van der Waals surface area contributed by atoms with Gasteiger partial charge >= 0.3 is 0 Å². The zero-order chi connectivity index (χ0) is 23.4. The second-order valence-electron chi connectivity index (χ2n) is 7.92. The van der Waals surface area contributed by atoms with Crippen molar-refractivity contribution in [3.05, 3.63) is 77.5 Å². The summed E-state index contributed by atoms with van der Waals surface area (Å²) in [6, 6.07) is 20.4. The maximum absolute atomic E-state index is 13.3. The van der Waals surface area contributed by atoms with E-state index in [0.717, 1.165) is 30.6 Å². The Morgan fingerprint density at radius 1 is 1.09 bits per heavy atom. The van der Waals surface area contributed by atoms with Crippen molar-refractivity contribution in [2.24, 2.45) is 0 Å². The highest BCUT2D eigenvalue weighted by atomic mass is 16.2. The van der Waals surface area contributed by atoms with E-state index in [1.807, 2.05) is 61.5 Å². The Morgan fingerprint density at radius 2 is 1.82 bits per heavy atom. The van der Waals surface area contributed by atoms with Crippen molar-refractivity contribution in [3.63, 3.8) is 0 Å². The van der Waals surface area contributed by atoms with Crippen LogP contribution in [0, 0.1) is 18.3 Å². The Kier molecular flexibility index (Phi) is 6.36. The van der Waals surface area contributed by atoms with Crippen LogP contribution in [0.4, 0.5) is 11.5 Å². The summed E-state index contributed by atoms with van der Waals surface area (Å²) in [7, 11) is 0. The SMILES string of the molecule is CCCCCN1C(=O)/C(=C(\C#N)C(=O)Nc2cc(C)nn2-c2ccccc2)c2ccccc21. The van der Waals surface area contributed by atoms with Crippen molar-refractivity contribution >= 4 is 28.9 Å². The predicted octanol–water partition coefficient (Wildman–Crippen LogP) is 4.63. The third-order valence-electron chi connectivity index (χ3n) is 5.57. The highest BCUT2D eigenvalue weighted by molar-refractivity contribution is 6.37. The Morgan fingerprint density at radius 3 is 2.55 bits per heavy atom. The van der Waals surface area contributed by atoms with Gasteiger partial charge in [-0.3, -0.25) is 9.59 Å². The van der Waals surface area contributed by atoms with Crippen LogP contribution in [-0.2, 0) is 9.59 Å². The molecule has 0 radical (unpaired) electrons. The maximum atomic E-state index is 13.3. The van der Waals surface area contributed by atoms with E-state index in [9.17, 15) is 14.9 Å². The number of rotatable bonds is 7. The van der Waals surface area contributed by atoms with E-state index in [1.54, 1.807) is 21.7 Å². The lowest BCUT2D eigenvalue weighted by atomic mass is 10.0. The lowest BCUT2D eigenvalue weighted by Gasteiger charge is -2.16. The molecule has 0 saturated heterocycles. The van der Waals surface area contributed by atoms with Crippen LogP contribution >= 0.6 is 0 Å². The van der Waals surface area contributed by atoms with Crippen LogP contribution in [0.1, 0.15) is 37.4 Å². The molecule has 1 aliphatic rings. The van der Waals surface area contributed by atoms with E-state index in [0.29, 0.717) is 23.6 Å². The van der Waals surface area contributed by atoms with E-state index < -0.39 is 5.91 Å². The van der Waals surface area contributed by atoms with Gasteiger partial charge in [-0.1, -0.05) is 56.2 Å². The quantitative estimate of drug-likeness (QED) is 0.330. The Hall–Kier alpha value is -4.18. The molecule has 0 aliphatic carbocycles. The first-order chi connectivity index (χ1) is 16.0. The summed E-state index contributed by atoms with van der Waals surface area (Å²) in [6.45, 7) is 4.47. The van der Waals surface area contributed by atoms with Gasteiger partial charge in [-0.2, -0.15) is 10.4 Å². The number of amides is 2. The summed E-state index contributed by atoms with van der Waals surface area (Å²) in [5, 5.41) is 17.1. The molecular weight excluding hydrogens is 414 g/mol. The second kappa shape index (κ2) is 9.53. The molecule has 0 bridgehead atoms. The number of aromatic nitrogens is 2. The maximum Gasteiger partial charge on any atom is 0.268 e. The average Bonchev–Trinajstić information content (AvgIpc) is 3.32. The number of unbranched alkanes of at least 4 members (excludes halogenated alkanes) is 2. The molecule has 0 saturated carbocycles. The van der Waals surface area contributed by atoms with Crippen molar-refractivity contribution in [1.82, 2.24) is 9.78 Å². The Labute approximate surface area is 192 Å². The number of nitrogens with one attached hydrogen (secondary N) is 1. The average molecular weight is 440 g/mol. The largest absolute Gasteiger partial charge is 0.308 e. The summed E-state index contributed by atoms with van der Waals surface area (Å²) in [5.74, 6) is -0.523. The van der Waals surface area contributed by atoms with Crippen LogP contribution in [0.2, 0.25) is 0 Å². The number of hydrogen-bond acceptors (Lipinski definition) is 4. The van der Waals surface area contributed by atoms with Gasteiger partial charge in [0.2, 0.25) is 0 Å². The lowest BCUT2D eigenvalue weighted by molar-refractivity contribution is -0.114. The molecule has 0 fully saturated rings. The zero-order valence-corrected chi connectivity index (χ0v) is 18.7. The van der Waals surface area contributed by atoms with Gasteiger partial charge < -0.3 is 10.2 Å². The summed E-state index contributed by atoms with van der Waals surface area (Å²) >= 11 is 0. The number of carbonyl (C=O) groups is 2. The minimum atomic E-state index is -0.636. The van der Waals surface area contributed by atoms with Gasteiger partial charge in [0.25, 0.3) is 11.8 Å². The minimum absolute atomic E-state index is 0.143. The molecule has 2 amide bonds. The first-order valence-electron chi connectivity index (χ1n) is 11.0. The number of nitriles is 1. The molecule has 1 N–H and O–H groups in total. The van der Waals surface area contributed by atoms with Crippen molar-refractivity contribution in [2.75, 3.05) is 16.8 Å². The summed E-state index contributed by atoms with van der Waals surface area (Å²) < 4.78 is 1.61. The number of aryl methyl sites for hydroxylation is 1. The number of para-hydroxylation sites is 2. The molecule has 2 heterocycles. The Balaban J connectivity index is 1.70. The third-order valence-corrected chi connectivity index (χ3v) is 5.57. The number of nitrogens with zero attached hydrogens (tertiary/aromatic N) is 4. The number of fused-ring (bicyclic) bond motifs is 1. The van der Waals surface area contributed by atoms with Gasteiger partial charge in [0, 0.05) is 18.2 Å². The third kappa shape index (κ3) is 4.28. The van der Waals surface area contributed by atoms with Crippen LogP contribution in [0.15, 0.2) is 66.2 Å². The first kappa shape index (κ1) is 22.0. The summed E-state index contributed by atoms with van der Waals surface area (Å²) in [6.07, 6.45) is 2.89. The van der Waals surface area contributed by atoms with Crippen LogP contribution in [0.25, 0.3) is 11.3 Å². The van der Waals surface area contributed by atoms with Gasteiger partial charge in [0.1, 0.15) is 17.5 Å². The highest BCUT2D eigenvalue weighted by Crippen LogP contribution is 2.38. The number of carbonyl (C=O) groups excluding carboxylic acids is 2. The van der Waals surface area contributed by atoms with Gasteiger partial charge in [0.05, 0.1) is 22.6 Å². The molecule has 2 aromatic carbocycles. The molecule has 0 unspecified atom stereocenters. The molecule has 0 spiro atoms. The monoisotopic (exact) mass is 439 g/mol. The van der Waals surface area contributed by atoms with Gasteiger partial charge in [-0.15, -0.1) is 0 Å². The lowest BCUT2D eigenvalue weighted by Crippen LogP contribution is -2.28. The molecular formula is C26H25N5O2. The summed E-state index contributed by atoms with van der Waals surface area (Å²) in [4.78, 5) is 28.2. The van der Waals surface area contributed by atoms with Crippen molar-refractivity contribution in [3.8, 4) is 11.8 Å². The molecule has 3 aromatic rings. The van der Waals surface area contributed by atoms with Crippen molar-refractivity contribution < 1.29 is 9.59 Å². The van der Waals surface area contributed by atoms with Crippen LogP contribution in [-0.4, -0.2) is 28.1 Å². The van der Waals surface area contributed by atoms with Gasteiger partial charge in [0.15, 0.2) is 0 Å². The molecule has 1 aliphatic heterocycles. The molecule has 4 rings (SSSR count). The van der Waals surface area contributed by atoms with E-state index in [2.05, 4.69) is 17.3 Å². The fourth-order valence-corrected chi connectivity index (χ4v) is 4.02. The van der Waals surface area contributed by atoms with Crippen LogP contribution in [0.3, 0.4) is 0 Å². The number of anilines is 2. The standard InChI is InChI=1S/C26H25N5O2/c1-3-4-10-15-30-22-14-9-8-13-20(22)24(26(30)33)21(17-27)25(32)28-23-16-18(2)29-31(23)19-11-6-5-7-12-19/h5-9,11-14,16H,3-4,10,15H2,1-2H3,(H,28,32)/b24-21+. The van der Waals surface area contributed by atoms with Gasteiger partial charge in [-0.25, -0.2) is 4.68 Å². The fourth-order valence-electron chi connectivity index (χ4n) is 4.02. The fraction of sp³-hybridized carbons (Fsp3) is 0.231. The van der Waals surface area contributed by atoms with Crippen molar-refractivity contribution in [1.29, 1.82) is 5.26 Å². The molecule has 7 heteroatoms. The van der Waals surface area contributed by atoms with E-state index in [-0.39, 0.29) is 17.1 Å². The minimum Gasteiger partial charge on any atom is -0.308 e. The zero-order valence-electron chi connectivity index (χ0n) is 18.7. The summed E-state index contributed by atoms with van der Waals surface area (Å²) in [5.41, 5.74) is 2.77. The molecule has 33 heavy (non-hydrogen) atoms. The first-order valence-corrected chi connectivity index (χ1v) is 11.0. The van der Waals surface area contributed by atoms with Gasteiger partial charge in [-0.05, 0) is 31.5 Å². The normalized spacial score (nSPS) is 14.1. The molecule has 7 nitrogen and oxygen atoms in total. The van der Waals surface area contributed by atoms with Crippen molar-refractivity contribution in [2.45, 2.75) is 33.1 Å². The topological polar surface area (TPSA) is 91.0 Å². The number of benzene rings is 2. The molecule has 166 valence electrons. The molecule has 0 atom stereocenters. The Bertz CT molecular complexity index is 1270. The van der Waals surface area contributed by atoms with E-state index in [4.69, 9.17) is 0 Å². The highest BCUT2D eigenvalue weighted by Gasteiger charge is 2.36. The van der Waals surface area contributed by atoms with E-state index >= 15 is 0 Å². The smallest absolute Gasteiger partial charge is 0.268 e. The van der Waals surface area contributed by atoms with Crippen LogP contribution in [0.5, 0.6) is 0 Å². The van der Waals surface area contributed by atoms with E-state index in [1.165, 1.54) is 0 Å². The molecule has 1 aromatic heterocycles. The van der Waals surface area contributed by atoms with Crippen LogP contribution < -0.4 is 10.2 Å². The predicted molar refractivity (Wildman–Crippen MR) is 128 cm³/mol.